The lowest BCUT2D eigenvalue weighted by Gasteiger charge is -2.22. The monoisotopic (exact) mass is 301 g/mol. The van der Waals surface area contributed by atoms with E-state index in [2.05, 4.69) is 15.0 Å². The minimum atomic E-state index is -0.0696. The maximum atomic E-state index is 11.8. The van der Waals surface area contributed by atoms with Gasteiger partial charge in [-0.2, -0.15) is 15.0 Å². The molecule has 0 spiro atoms. The molecule has 20 heavy (non-hydrogen) atoms. The molecule has 0 saturated heterocycles. The summed E-state index contributed by atoms with van der Waals surface area (Å²) in [5.74, 6) is 0.285. The van der Waals surface area contributed by atoms with Crippen LogP contribution in [-0.4, -0.2) is 59.0 Å². The lowest BCUT2D eigenvalue weighted by atomic mass is 10.4. The van der Waals surface area contributed by atoms with Crippen LogP contribution in [0.1, 0.15) is 20.8 Å². The molecule has 0 radical (unpaired) electrons. The van der Waals surface area contributed by atoms with Crippen molar-refractivity contribution in [2.24, 2.45) is 0 Å². The maximum Gasteiger partial charge on any atom is 0.322 e. The number of rotatable bonds is 6. The van der Waals surface area contributed by atoms with Gasteiger partial charge in [0.15, 0.2) is 0 Å². The number of hydrogen-bond acceptors (Lipinski definition) is 6. The minimum Gasteiger partial charge on any atom is -0.461 e. The van der Waals surface area contributed by atoms with E-state index in [1.54, 1.807) is 19.0 Å². The highest BCUT2D eigenvalue weighted by Crippen LogP contribution is 2.16. The van der Waals surface area contributed by atoms with Crippen molar-refractivity contribution >= 4 is 23.5 Å². The van der Waals surface area contributed by atoms with Gasteiger partial charge in [0.05, 0.1) is 12.6 Å². The Kier molecular flexibility index (Phi) is 5.94. The van der Waals surface area contributed by atoms with Crippen LogP contribution in [0, 0.1) is 0 Å². The highest BCUT2D eigenvalue weighted by Gasteiger charge is 2.16. The predicted octanol–water partition coefficient (Wildman–Crippen LogP) is 1.23. The average molecular weight is 302 g/mol. The molecule has 0 aromatic carbocycles. The fourth-order valence-electron chi connectivity index (χ4n) is 1.36. The molecule has 0 aliphatic heterocycles. The van der Waals surface area contributed by atoms with Crippen LogP contribution in [0.25, 0.3) is 0 Å². The van der Waals surface area contributed by atoms with E-state index in [1.165, 1.54) is 4.90 Å². The van der Waals surface area contributed by atoms with Gasteiger partial charge in [0, 0.05) is 20.6 Å². The summed E-state index contributed by atoms with van der Waals surface area (Å²) in [5.41, 5.74) is 0. The maximum absolute atomic E-state index is 11.8. The van der Waals surface area contributed by atoms with Gasteiger partial charge in [0.25, 0.3) is 0 Å². The minimum absolute atomic E-state index is 0.0430. The molecule has 112 valence electrons. The standard InChI is InChI=1S/C12H20ClN5O2/c1-6-18(7-9(19)17(4)5)11-14-10(13)15-12(16-11)20-8(2)3/h8H,6-7H2,1-5H3. The molecule has 1 aromatic rings. The molecule has 0 unspecified atom stereocenters. The first-order valence-corrected chi connectivity index (χ1v) is 6.74. The summed E-state index contributed by atoms with van der Waals surface area (Å²) in [7, 11) is 3.40. The van der Waals surface area contributed by atoms with E-state index in [0.717, 1.165) is 0 Å². The van der Waals surface area contributed by atoms with Gasteiger partial charge in [0.1, 0.15) is 0 Å². The molecule has 0 bridgehead atoms. The van der Waals surface area contributed by atoms with E-state index in [9.17, 15) is 4.79 Å². The average Bonchev–Trinajstić information content (AvgIpc) is 2.33. The lowest BCUT2D eigenvalue weighted by Crippen LogP contribution is -2.37. The van der Waals surface area contributed by atoms with Gasteiger partial charge in [-0.15, -0.1) is 0 Å². The van der Waals surface area contributed by atoms with E-state index in [0.29, 0.717) is 12.5 Å². The highest BCUT2D eigenvalue weighted by atomic mass is 35.5. The lowest BCUT2D eigenvalue weighted by molar-refractivity contribution is -0.127. The molecule has 8 heteroatoms. The summed E-state index contributed by atoms with van der Waals surface area (Å²) in [6, 6.07) is 0.158. The normalized spacial score (nSPS) is 10.6. The quantitative estimate of drug-likeness (QED) is 0.787. The zero-order valence-corrected chi connectivity index (χ0v) is 13.2. The fraction of sp³-hybridized carbons (Fsp3) is 0.667. The first-order valence-electron chi connectivity index (χ1n) is 6.36. The molecular weight excluding hydrogens is 282 g/mol. The van der Waals surface area contributed by atoms with Gasteiger partial charge in [0.2, 0.25) is 17.1 Å². The first kappa shape index (κ1) is 16.4. The van der Waals surface area contributed by atoms with Crippen LogP contribution in [0.5, 0.6) is 6.01 Å². The van der Waals surface area contributed by atoms with Crippen molar-refractivity contribution in [2.45, 2.75) is 26.9 Å². The van der Waals surface area contributed by atoms with Crippen LogP contribution < -0.4 is 9.64 Å². The van der Waals surface area contributed by atoms with Crippen molar-refractivity contribution in [1.82, 2.24) is 19.9 Å². The van der Waals surface area contributed by atoms with Crippen molar-refractivity contribution in [1.29, 1.82) is 0 Å². The molecule has 0 fully saturated rings. The van der Waals surface area contributed by atoms with E-state index < -0.39 is 0 Å². The predicted molar refractivity (Wildman–Crippen MR) is 77.2 cm³/mol. The third-order valence-electron chi connectivity index (χ3n) is 2.41. The third kappa shape index (κ3) is 4.80. The first-order chi connectivity index (χ1) is 9.33. The van der Waals surface area contributed by atoms with Crippen LogP contribution >= 0.6 is 11.6 Å². The van der Waals surface area contributed by atoms with Crippen molar-refractivity contribution in [2.75, 3.05) is 32.1 Å². The Hall–Kier alpha value is -1.63. The molecule has 1 rings (SSSR count). The smallest absolute Gasteiger partial charge is 0.322 e. The Labute approximate surface area is 123 Å². The van der Waals surface area contributed by atoms with Crippen molar-refractivity contribution < 1.29 is 9.53 Å². The molecule has 1 heterocycles. The van der Waals surface area contributed by atoms with Gasteiger partial charge in [-0.3, -0.25) is 4.79 Å². The molecule has 7 nitrogen and oxygen atoms in total. The number of halogens is 1. The number of ether oxygens (including phenoxy) is 1. The zero-order valence-electron chi connectivity index (χ0n) is 12.4. The van der Waals surface area contributed by atoms with Crippen molar-refractivity contribution in [3.05, 3.63) is 5.28 Å². The van der Waals surface area contributed by atoms with E-state index in [-0.39, 0.29) is 29.8 Å². The van der Waals surface area contributed by atoms with Crippen molar-refractivity contribution in [3.63, 3.8) is 0 Å². The molecule has 1 aromatic heterocycles. The Morgan fingerprint density at radius 1 is 1.30 bits per heavy atom. The second-order valence-electron chi connectivity index (χ2n) is 4.66. The fourth-order valence-corrected chi connectivity index (χ4v) is 1.50. The highest BCUT2D eigenvalue weighted by molar-refractivity contribution is 6.28. The molecule has 0 saturated carbocycles. The van der Waals surface area contributed by atoms with Crippen LogP contribution in [0.15, 0.2) is 0 Å². The third-order valence-corrected chi connectivity index (χ3v) is 2.58. The van der Waals surface area contributed by atoms with Gasteiger partial charge < -0.3 is 14.5 Å². The van der Waals surface area contributed by atoms with E-state index >= 15 is 0 Å². The van der Waals surface area contributed by atoms with Crippen LogP contribution in [0.4, 0.5) is 5.95 Å². The molecular formula is C12H20ClN5O2. The summed E-state index contributed by atoms with van der Waals surface area (Å²) in [5, 5.41) is 0.0430. The van der Waals surface area contributed by atoms with Gasteiger partial charge >= 0.3 is 6.01 Å². The summed E-state index contributed by atoms with van der Waals surface area (Å²) in [4.78, 5) is 27.1. The number of likely N-dealkylation sites (N-methyl/N-ethyl adjacent to an activating group) is 2. The zero-order chi connectivity index (χ0) is 15.3. The Morgan fingerprint density at radius 3 is 2.45 bits per heavy atom. The number of carbonyl (C=O) groups is 1. The number of carbonyl (C=O) groups excluding carboxylic acids is 1. The molecule has 0 atom stereocenters. The van der Waals surface area contributed by atoms with Crippen LogP contribution in [-0.2, 0) is 4.79 Å². The molecule has 0 N–H and O–H groups in total. The van der Waals surface area contributed by atoms with Gasteiger partial charge in [-0.05, 0) is 32.4 Å². The number of aromatic nitrogens is 3. The summed E-state index contributed by atoms with van der Waals surface area (Å²) < 4.78 is 5.41. The second kappa shape index (κ2) is 7.23. The molecule has 0 aliphatic carbocycles. The Morgan fingerprint density at radius 2 is 1.95 bits per heavy atom. The topological polar surface area (TPSA) is 71.5 Å². The number of nitrogens with zero attached hydrogens (tertiary/aromatic N) is 5. The second-order valence-corrected chi connectivity index (χ2v) is 4.99. The molecule has 1 amide bonds. The number of anilines is 1. The SMILES string of the molecule is CCN(CC(=O)N(C)C)c1nc(Cl)nc(OC(C)C)n1. The Bertz CT molecular complexity index is 467. The van der Waals surface area contributed by atoms with Crippen LogP contribution in [0.2, 0.25) is 5.28 Å². The summed E-state index contributed by atoms with van der Waals surface area (Å²) in [6.45, 7) is 6.38. The number of amides is 1. The Balaban J connectivity index is 2.96. The summed E-state index contributed by atoms with van der Waals surface area (Å²) in [6.07, 6.45) is -0.0696. The largest absolute Gasteiger partial charge is 0.461 e. The van der Waals surface area contributed by atoms with Gasteiger partial charge in [-0.25, -0.2) is 0 Å². The molecule has 0 aliphatic rings. The van der Waals surface area contributed by atoms with Gasteiger partial charge in [-0.1, -0.05) is 0 Å². The van der Waals surface area contributed by atoms with E-state index in [4.69, 9.17) is 16.3 Å². The van der Waals surface area contributed by atoms with Crippen molar-refractivity contribution in [3.8, 4) is 6.01 Å². The van der Waals surface area contributed by atoms with Crippen LogP contribution in [0.3, 0.4) is 0 Å². The summed E-state index contributed by atoms with van der Waals surface area (Å²) >= 11 is 5.87. The van der Waals surface area contributed by atoms with E-state index in [1.807, 2.05) is 20.8 Å². The number of hydrogen-bond donors (Lipinski definition) is 0.